The molecule has 154 valence electrons. The van der Waals surface area contributed by atoms with E-state index < -0.39 is 5.97 Å². The molecular weight excluding hydrogens is 408 g/mol. The number of hydrogen-bond acceptors (Lipinski definition) is 5. The fraction of sp³-hybridized carbons (Fsp3) is 0.381. The zero-order chi connectivity index (χ0) is 21.0. The lowest BCUT2D eigenvalue weighted by Crippen LogP contribution is -2.21. The molecule has 1 aliphatic rings. The monoisotopic (exact) mass is 432 g/mol. The summed E-state index contributed by atoms with van der Waals surface area (Å²) in [5.41, 5.74) is 3.30. The molecule has 6 nitrogen and oxygen atoms in total. The largest absolute Gasteiger partial charge is 0.478 e. The van der Waals surface area contributed by atoms with Crippen molar-refractivity contribution in [1.29, 1.82) is 0 Å². The first-order valence-corrected chi connectivity index (χ1v) is 10.9. The first-order chi connectivity index (χ1) is 13.9. The van der Waals surface area contributed by atoms with Gasteiger partial charge in [-0.1, -0.05) is 12.5 Å². The molecule has 3 N–H and O–H groups in total. The fourth-order valence-corrected chi connectivity index (χ4v) is 4.95. The lowest BCUT2D eigenvalue weighted by molar-refractivity contribution is 0.0526. The number of carbonyl (C=O) groups is 2. The van der Waals surface area contributed by atoms with E-state index in [4.69, 9.17) is 17.0 Å². The van der Waals surface area contributed by atoms with E-state index in [0.717, 1.165) is 43.2 Å². The number of aryl methyl sites for hydroxylation is 2. The minimum Gasteiger partial charge on any atom is -0.478 e. The fourth-order valence-electron chi connectivity index (χ4n) is 3.40. The molecule has 0 aliphatic heterocycles. The van der Waals surface area contributed by atoms with Gasteiger partial charge >= 0.3 is 11.9 Å². The van der Waals surface area contributed by atoms with E-state index in [2.05, 4.69) is 10.6 Å². The maximum atomic E-state index is 12.6. The average Bonchev–Trinajstić information content (AvgIpc) is 2.84. The van der Waals surface area contributed by atoms with Gasteiger partial charge in [-0.3, -0.25) is 0 Å². The number of carboxylic acid groups (broad SMARTS) is 1. The standard InChI is InChI=1S/C21H24N2O4S2/c1-3-27-20(26)17-14-7-5-4-6-8-16(14)29-18(17)23-21(28)22-15-11-13(19(24)25)10-9-12(15)2/h9-11H,3-8H2,1-2H3,(H,24,25)(H2,22,23,28). The van der Waals surface area contributed by atoms with Crippen LogP contribution < -0.4 is 10.6 Å². The Kier molecular flexibility index (Phi) is 6.87. The van der Waals surface area contributed by atoms with Gasteiger partial charge in [-0.25, -0.2) is 9.59 Å². The van der Waals surface area contributed by atoms with Crippen molar-refractivity contribution in [1.82, 2.24) is 0 Å². The van der Waals surface area contributed by atoms with Gasteiger partial charge in [-0.15, -0.1) is 11.3 Å². The van der Waals surface area contributed by atoms with Gasteiger partial charge in [-0.05, 0) is 75.0 Å². The Morgan fingerprint density at radius 3 is 2.69 bits per heavy atom. The van der Waals surface area contributed by atoms with Gasteiger partial charge in [0.1, 0.15) is 5.00 Å². The predicted octanol–water partition coefficient (Wildman–Crippen LogP) is 5.01. The highest BCUT2D eigenvalue weighted by Gasteiger charge is 2.26. The molecule has 0 bridgehead atoms. The summed E-state index contributed by atoms with van der Waals surface area (Å²) in [6, 6.07) is 4.82. The number of thiophene rings is 1. The summed E-state index contributed by atoms with van der Waals surface area (Å²) < 4.78 is 5.29. The van der Waals surface area contributed by atoms with Crippen molar-refractivity contribution in [3.8, 4) is 0 Å². The number of thiocarbonyl (C=S) groups is 1. The number of esters is 1. The van der Waals surface area contributed by atoms with Crippen LogP contribution in [0.5, 0.6) is 0 Å². The van der Waals surface area contributed by atoms with E-state index in [-0.39, 0.29) is 11.5 Å². The molecule has 1 aromatic carbocycles. The third kappa shape index (κ3) is 4.94. The summed E-state index contributed by atoms with van der Waals surface area (Å²) in [5, 5.41) is 16.4. The Morgan fingerprint density at radius 1 is 1.21 bits per heavy atom. The number of anilines is 2. The highest BCUT2D eigenvalue weighted by molar-refractivity contribution is 7.80. The van der Waals surface area contributed by atoms with Crippen molar-refractivity contribution >= 4 is 51.3 Å². The SMILES string of the molecule is CCOC(=O)c1c(NC(=S)Nc2cc(C(=O)O)ccc2C)sc2c1CCCCC2. The number of fused-ring (bicyclic) bond motifs is 1. The van der Waals surface area contributed by atoms with Crippen LogP contribution in [0.15, 0.2) is 18.2 Å². The third-order valence-corrected chi connectivity index (χ3v) is 6.27. The van der Waals surface area contributed by atoms with Gasteiger partial charge in [-0.2, -0.15) is 0 Å². The Labute approximate surface area is 179 Å². The normalized spacial score (nSPS) is 13.2. The summed E-state index contributed by atoms with van der Waals surface area (Å²) >= 11 is 7.00. The third-order valence-electron chi connectivity index (χ3n) is 4.86. The molecule has 0 saturated carbocycles. The summed E-state index contributed by atoms with van der Waals surface area (Å²) in [5.74, 6) is -1.33. The van der Waals surface area contributed by atoms with E-state index in [9.17, 15) is 14.7 Å². The average molecular weight is 433 g/mol. The topological polar surface area (TPSA) is 87.7 Å². The molecule has 1 aliphatic carbocycles. The minimum atomic E-state index is -1.00. The number of carboxylic acids is 1. The van der Waals surface area contributed by atoms with E-state index >= 15 is 0 Å². The summed E-state index contributed by atoms with van der Waals surface area (Å²) in [6.07, 6.45) is 5.14. The highest BCUT2D eigenvalue weighted by atomic mass is 32.1. The van der Waals surface area contributed by atoms with Gasteiger partial charge in [0, 0.05) is 10.6 Å². The summed E-state index contributed by atoms with van der Waals surface area (Å²) in [7, 11) is 0. The van der Waals surface area contributed by atoms with E-state index in [1.54, 1.807) is 36.5 Å². The molecule has 0 spiro atoms. The molecule has 3 rings (SSSR count). The molecule has 1 heterocycles. The van der Waals surface area contributed by atoms with Gasteiger partial charge < -0.3 is 20.5 Å². The van der Waals surface area contributed by atoms with E-state index in [1.165, 1.54) is 4.88 Å². The van der Waals surface area contributed by atoms with Crippen molar-refractivity contribution in [2.75, 3.05) is 17.2 Å². The molecule has 0 fully saturated rings. The molecule has 0 atom stereocenters. The second-order valence-electron chi connectivity index (χ2n) is 6.90. The van der Waals surface area contributed by atoms with E-state index in [1.807, 2.05) is 6.92 Å². The predicted molar refractivity (Wildman–Crippen MR) is 120 cm³/mol. The van der Waals surface area contributed by atoms with Gasteiger partial charge in [0.15, 0.2) is 5.11 Å². The Balaban J connectivity index is 1.86. The van der Waals surface area contributed by atoms with Crippen molar-refractivity contribution in [2.24, 2.45) is 0 Å². The van der Waals surface area contributed by atoms with Crippen LogP contribution in [0.4, 0.5) is 10.7 Å². The zero-order valence-electron chi connectivity index (χ0n) is 16.5. The first kappa shape index (κ1) is 21.3. The molecule has 1 aromatic heterocycles. The smallest absolute Gasteiger partial charge is 0.341 e. The number of nitrogens with one attached hydrogen (secondary N) is 2. The molecule has 0 radical (unpaired) electrons. The van der Waals surface area contributed by atoms with Crippen LogP contribution in [-0.4, -0.2) is 28.8 Å². The Bertz CT molecular complexity index is 952. The second-order valence-corrected chi connectivity index (χ2v) is 8.42. The Morgan fingerprint density at radius 2 is 1.97 bits per heavy atom. The van der Waals surface area contributed by atoms with Gasteiger partial charge in [0.05, 0.1) is 17.7 Å². The maximum absolute atomic E-state index is 12.6. The van der Waals surface area contributed by atoms with Crippen LogP contribution in [0.3, 0.4) is 0 Å². The van der Waals surface area contributed by atoms with Gasteiger partial charge in [0.25, 0.3) is 0 Å². The number of carbonyl (C=O) groups excluding carboxylic acids is 1. The second kappa shape index (κ2) is 9.37. The first-order valence-electron chi connectivity index (χ1n) is 9.64. The van der Waals surface area contributed by atoms with Crippen LogP contribution >= 0.6 is 23.6 Å². The molecule has 0 amide bonds. The summed E-state index contributed by atoms with van der Waals surface area (Å²) in [4.78, 5) is 25.1. The maximum Gasteiger partial charge on any atom is 0.341 e. The van der Waals surface area contributed by atoms with Crippen LogP contribution in [0.25, 0.3) is 0 Å². The lowest BCUT2D eigenvalue weighted by atomic mass is 10.1. The number of hydrogen-bond donors (Lipinski definition) is 3. The molecule has 0 unspecified atom stereocenters. The van der Waals surface area contributed by atoms with Crippen LogP contribution in [0.1, 0.15) is 62.9 Å². The molecular formula is C21H24N2O4S2. The molecule has 2 aromatic rings. The minimum absolute atomic E-state index is 0.177. The summed E-state index contributed by atoms with van der Waals surface area (Å²) in [6.45, 7) is 3.97. The van der Waals surface area contributed by atoms with Crippen molar-refractivity contribution < 1.29 is 19.4 Å². The Hall–Kier alpha value is -2.45. The van der Waals surface area contributed by atoms with Crippen molar-refractivity contribution in [3.63, 3.8) is 0 Å². The quantitative estimate of drug-likeness (QED) is 0.348. The van der Waals surface area contributed by atoms with E-state index in [0.29, 0.717) is 28.0 Å². The lowest BCUT2D eigenvalue weighted by Gasteiger charge is -2.13. The van der Waals surface area contributed by atoms with Gasteiger partial charge in [0.2, 0.25) is 0 Å². The molecule has 29 heavy (non-hydrogen) atoms. The number of aromatic carboxylic acids is 1. The zero-order valence-corrected chi connectivity index (χ0v) is 18.1. The van der Waals surface area contributed by atoms with Crippen molar-refractivity contribution in [3.05, 3.63) is 45.3 Å². The molecule has 8 heteroatoms. The van der Waals surface area contributed by atoms with Crippen LogP contribution in [0.2, 0.25) is 0 Å². The van der Waals surface area contributed by atoms with Crippen LogP contribution in [0, 0.1) is 6.92 Å². The number of rotatable bonds is 5. The van der Waals surface area contributed by atoms with Crippen LogP contribution in [-0.2, 0) is 17.6 Å². The number of ether oxygens (including phenoxy) is 1. The highest BCUT2D eigenvalue weighted by Crippen LogP contribution is 2.38. The van der Waals surface area contributed by atoms with Crippen molar-refractivity contribution in [2.45, 2.75) is 46.0 Å². The number of benzene rings is 1. The molecule has 0 saturated heterocycles.